The van der Waals surface area contributed by atoms with E-state index in [1.165, 1.54) is 0 Å². The quantitative estimate of drug-likeness (QED) is 0.222. The van der Waals surface area contributed by atoms with Gasteiger partial charge in [0.1, 0.15) is 0 Å². The minimum absolute atomic E-state index is 0.117. The summed E-state index contributed by atoms with van der Waals surface area (Å²) in [5.74, 6) is -0.927. The van der Waals surface area contributed by atoms with Crippen molar-refractivity contribution < 1.29 is 19.2 Å². The zero-order valence-corrected chi connectivity index (χ0v) is 21.3. The number of ketones is 2. The van der Waals surface area contributed by atoms with Gasteiger partial charge in [0.05, 0.1) is 0 Å². The maximum atomic E-state index is 12.8. The molecule has 0 saturated heterocycles. The molecule has 0 radical (unpaired) electrons. The number of hydrogen-bond donors (Lipinski definition) is 2. The van der Waals surface area contributed by atoms with Gasteiger partial charge in [0.25, 0.3) is 11.8 Å². The number of nitrogens with one attached hydrogen (secondary N) is 2. The van der Waals surface area contributed by atoms with Gasteiger partial charge in [0.15, 0.2) is 11.6 Å². The highest BCUT2D eigenvalue weighted by Crippen LogP contribution is 2.19. The van der Waals surface area contributed by atoms with Gasteiger partial charge in [-0.2, -0.15) is 0 Å². The lowest BCUT2D eigenvalue weighted by Gasteiger charge is -2.10. The topological polar surface area (TPSA) is 92.3 Å². The van der Waals surface area contributed by atoms with Gasteiger partial charge < -0.3 is 10.6 Å². The van der Waals surface area contributed by atoms with Gasteiger partial charge in [-0.25, -0.2) is 0 Å². The van der Waals surface area contributed by atoms with Crippen molar-refractivity contribution in [2.45, 2.75) is 0 Å². The molecule has 194 valence electrons. The molecular formula is C34H24N2O4. The van der Waals surface area contributed by atoms with Crippen LogP contribution in [0, 0.1) is 0 Å². The van der Waals surface area contributed by atoms with Crippen LogP contribution in [0.4, 0.5) is 11.4 Å². The molecule has 0 atom stereocenters. The van der Waals surface area contributed by atoms with Gasteiger partial charge in [-0.1, -0.05) is 91.0 Å². The van der Waals surface area contributed by atoms with Crippen molar-refractivity contribution in [2.75, 3.05) is 10.6 Å². The smallest absolute Gasteiger partial charge is 0.255 e. The van der Waals surface area contributed by atoms with Crippen molar-refractivity contribution in [2.24, 2.45) is 0 Å². The van der Waals surface area contributed by atoms with E-state index >= 15 is 0 Å². The number of anilines is 2. The van der Waals surface area contributed by atoms with Crippen molar-refractivity contribution in [1.29, 1.82) is 0 Å². The van der Waals surface area contributed by atoms with E-state index in [9.17, 15) is 19.2 Å². The van der Waals surface area contributed by atoms with E-state index in [0.29, 0.717) is 44.8 Å². The number of hydrogen-bond acceptors (Lipinski definition) is 4. The second-order valence-corrected chi connectivity index (χ2v) is 9.03. The number of carbonyl (C=O) groups excluding carboxylic acids is 4. The summed E-state index contributed by atoms with van der Waals surface area (Å²) in [5, 5.41) is 5.63. The second kappa shape index (κ2) is 11.8. The minimum atomic E-state index is -0.346. The van der Waals surface area contributed by atoms with E-state index in [-0.39, 0.29) is 23.4 Å². The van der Waals surface area contributed by atoms with Crippen molar-refractivity contribution in [1.82, 2.24) is 0 Å². The molecule has 5 aromatic rings. The SMILES string of the molecule is O=C(Nc1cccc(NC(=O)c2ccc(C(=O)c3ccccc3)cc2)c1)c1ccc(C(=O)c2ccccc2)cc1. The molecule has 0 bridgehead atoms. The maximum Gasteiger partial charge on any atom is 0.255 e. The molecule has 0 aliphatic carbocycles. The molecule has 0 aromatic heterocycles. The van der Waals surface area contributed by atoms with E-state index in [2.05, 4.69) is 10.6 Å². The Morgan fingerprint density at radius 1 is 0.350 bits per heavy atom. The van der Waals surface area contributed by atoms with Crippen LogP contribution in [0.1, 0.15) is 52.6 Å². The van der Waals surface area contributed by atoms with Crippen LogP contribution in [0.25, 0.3) is 0 Å². The molecule has 0 unspecified atom stereocenters. The Hall–Kier alpha value is -5.62. The molecule has 0 aliphatic rings. The molecule has 0 heterocycles. The Kier molecular flexibility index (Phi) is 7.69. The van der Waals surface area contributed by atoms with Gasteiger partial charge >= 0.3 is 0 Å². The Bertz CT molecular complexity index is 1550. The summed E-state index contributed by atoms with van der Waals surface area (Å²) in [5.41, 5.74) is 3.92. The van der Waals surface area contributed by atoms with Crippen molar-refractivity contribution in [3.8, 4) is 0 Å². The lowest BCUT2D eigenvalue weighted by atomic mass is 10.0. The first-order chi connectivity index (χ1) is 19.5. The van der Waals surface area contributed by atoms with Crippen LogP contribution in [0.2, 0.25) is 0 Å². The standard InChI is InChI=1S/C34H24N2O4/c37-31(23-8-3-1-4-9-23)25-14-18-27(19-15-25)33(39)35-29-12-7-13-30(22-29)36-34(40)28-20-16-26(17-21-28)32(38)24-10-5-2-6-11-24/h1-22H,(H,35,39)(H,36,40). The lowest BCUT2D eigenvalue weighted by Crippen LogP contribution is -2.14. The van der Waals surface area contributed by atoms with Crippen LogP contribution in [-0.2, 0) is 0 Å². The summed E-state index contributed by atoms with van der Waals surface area (Å²) in [6.07, 6.45) is 0. The number of benzene rings is 5. The molecule has 2 N–H and O–H groups in total. The van der Waals surface area contributed by atoms with Crippen molar-refractivity contribution in [3.05, 3.63) is 167 Å². The summed E-state index contributed by atoms with van der Waals surface area (Å²) in [4.78, 5) is 50.8. The fourth-order valence-electron chi connectivity index (χ4n) is 4.14. The predicted molar refractivity (Wildman–Crippen MR) is 155 cm³/mol. The fraction of sp³-hybridized carbons (Fsp3) is 0. The monoisotopic (exact) mass is 524 g/mol. The van der Waals surface area contributed by atoms with Crippen LogP contribution >= 0.6 is 0 Å². The van der Waals surface area contributed by atoms with Crippen LogP contribution in [0.15, 0.2) is 133 Å². The molecule has 2 amide bonds. The highest BCUT2D eigenvalue weighted by atomic mass is 16.2. The van der Waals surface area contributed by atoms with E-state index in [0.717, 1.165) is 0 Å². The molecule has 0 aliphatic heterocycles. The first kappa shape index (κ1) is 26.0. The van der Waals surface area contributed by atoms with E-state index in [1.807, 2.05) is 12.1 Å². The lowest BCUT2D eigenvalue weighted by molar-refractivity contribution is 0.101. The normalized spacial score (nSPS) is 10.4. The minimum Gasteiger partial charge on any atom is -0.322 e. The van der Waals surface area contributed by atoms with Crippen LogP contribution in [0.5, 0.6) is 0 Å². The molecule has 0 fully saturated rings. The Morgan fingerprint density at radius 3 is 1.05 bits per heavy atom. The number of amides is 2. The zero-order chi connectivity index (χ0) is 27.9. The number of carbonyl (C=O) groups is 4. The molecule has 5 rings (SSSR count). The molecule has 5 aromatic carbocycles. The van der Waals surface area contributed by atoms with Gasteiger partial charge in [0.2, 0.25) is 0 Å². The molecule has 40 heavy (non-hydrogen) atoms. The van der Waals surface area contributed by atoms with E-state index in [1.54, 1.807) is 121 Å². The Labute approximate surface area is 231 Å². The first-order valence-corrected chi connectivity index (χ1v) is 12.6. The zero-order valence-electron chi connectivity index (χ0n) is 21.3. The summed E-state index contributed by atoms with van der Waals surface area (Å²) in [6.45, 7) is 0. The summed E-state index contributed by atoms with van der Waals surface area (Å²) >= 11 is 0. The second-order valence-electron chi connectivity index (χ2n) is 9.03. The van der Waals surface area contributed by atoms with Gasteiger partial charge in [-0.15, -0.1) is 0 Å². The average Bonchev–Trinajstić information content (AvgIpc) is 3.01. The van der Waals surface area contributed by atoms with Gasteiger partial charge in [-0.05, 0) is 42.5 Å². The third kappa shape index (κ3) is 6.09. The van der Waals surface area contributed by atoms with E-state index < -0.39 is 0 Å². The third-order valence-corrected chi connectivity index (χ3v) is 6.27. The molecular weight excluding hydrogens is 500 g/mol. The van der Waals surface area contributed by atoms with Gasteiger partial charge in [-0.3, -0.25) is 19.2 Å². The molecule has 0 saturated carbocycles. The maximum absolute atomic E-state index is 12.8. The Balaban J connectivity index is 1.21. The molecule has 0 spiro atoms. The van der Waals surface area contributed by atoms with Crippen LogP contribution in [0.3, 0.4) is 0 Å². The van der Waals surface area contributed by atoms with E-state index in [4.69, 9.17) is 0 Å². The number of rotatable bonds is 8. The summed E-state index contributed by atoms with van der Waals surface area (Å²) < 4.78 is 0. The summed E-state index contributed by atoms with van der Waals surface area (Å²) in [6, 6.07) is 37.6. The average molecular weight is 525 g/mol. The molecule has 6 nitrogen and oxygen atoms in total. The Morgan fingerprint density at radius 2 is 0.675 bits per heavy atom. The van der Waals surface area contributed by atoms with Gasteiger partial charge in [0, 0.05) is 44.8 Å². The highest BCUT2D eigenvalue weighted by Gasteiger charge is 2.13. The van der Waals surface area contributed by atoms with Crippen LogP contribution < -0.4 is 10.6 Å². The highest BCUT2D eigenvalue weighted by molar-refractivity contribution is 6.11. The van der Waals surface area contributed by atoms with Crippen molar-refractivity contribution in [3.63, 3.8) is 0 Å². The molecule has 6 heteroatoms. The summed E-state index contributed by atoms with van der Waals surface area (Å²) in [7, 11) is 0. The first-order valence-electron chi connectivity index (χ1n) is 12.6. The largest absolute Gasteiger partial charge is 0.322 e. The third-order valence-electron chi connectivity index (χ3n) is 6.27. The van der Waals surface area contributed by atoms with Crippen molar-refractivity contribution >= 4 is 34.8 Å². The predicted octanol–water partition coefficient (Wildman–Crippen LogP) is 6.65. The fourth-order valence-corrected chi connectivity index (χ4v) is 4.14. The van der Waals surface area contributed by atoms with Crippen LogP contribution in [-0.4, -0.2) is 23.4 Å².